The molecule has 0 bridgehead atoms. The molecule has 1 N–H and O–H groups in total. The first-order chi connectivity index (χ1) is 6.20. The molecular weight excluding hydrogens is 170 g/mol. The number of aromatic nitrogens is 3. The number of hydrogen-bond acceptors (Lipinski definition) is 4. The number of rotatable bonds is 2. The lowest BCUT2D eigenvalue weighted by atomic mass is 10.7. The summed E-state index contributed by atoms with van der Waals surface area (Å²) in [4.78, 5) is 0. The van der Waals surface area contributed by atoms with Gasteiger partial charge in [-0.25, -0.2) is 4.68 Å². The largest absolute Gasteiger partial charge is 0.408 e. The molecular formula is C7H11N5O. The summed E-state index contributed by atoms with van der Waals surface area (Å²) in [6, 6.07) is 0. The number of hydrogen-bond donors (Lipinski definition) is 1. The summed E-state index contributed by atoms with van der Waals surface area (Å²) in [5.74, 6) is 0.633. The minimum Gasteiger partial charge on any atom is -0.408 e. The third-order valence-electron chi connectivity index (χ3n) is 1.46. The van der Waals surface area contributed by atoms with Crippen molar-refractivity contribution < 1.29 is 5.21 Å². The Labute approximate surface area is 75.1 Å². The molecule has 0 aromatic carbocycles. The molecule has 0 aliphatic carbocycles. The molecule has 0 unspecified atom stereocenters. The van der Waals surface area contributed by atoms with Crippen molar-refractivity contribution in [1.82, 2.24) is 14.5 Å². The number of allylic oxidation sites excluding steroid dienone is 1. The van der Waals surface area contributed by atoms with Gasteiger partial charge in [0.2, 0.25) is 0 Å². The van der Waals surface area contributed by atoms with Crippen molar-refractivity contribution in [2.75, 3.05) is 0 Å². The molecule has 0 atom stereocenters. The van der Waals surface area contributed by atoms with Crippen LogP contribution < -0.4 is 5.62 Å². The first-order valence-electron chi connectivity index (χ1n) is 3.67. The fraction of sp³-hybridized carbons (Fsp3) is 0.286. The lowest BCUT2D eigenvalue weighted by Crippen LogP contribution is -2.22. The molecule has 0 saturated carbocycles. The van der Waals surface area contributed by atoms with Crippen LogP contribution in [0.5, 0.6) is 0 Å². The van der Waals surface area contributed by atoms with Crippen LogP contribution in [0.3, 0.4) is 0 Å². The maximum absolute atomic E-state index is 8.66. The van der Waals surface area contributed by atoms with Gasteiger partial charge in [0.15, 0.2) is 5.82 Å². The molecule has 1 aromatic heterocycles. The summed E-state index contributed by atoms with van der Waals surface area (Å²) in [5.41, 5.74) is 0.260. The van der Waals surface area contributed by atoms with Crippen molar-refractivity contribution in [2.45, 2.75) is 6.92 Å². The van der Waals surface area contributed by atoms with Gasteiger partial charge < -0.3 is 5.21 Å². The second-order valence-electron chi connectivity index (χ2n) is 2.38. The summed E-state index contributed by atoms with van der Waals surface area (Å²) in [6.45, 7) is 5.24. The Morgan fingerprint density at radius 2 is 2.31 bits per heavy atom. The lowest BCUT2D eigenvalue weighted by molar-refractivity contribution is 0.286. The Balaban J connectivity index is 3.34. The Kier molecular flexibility index (Phi) is 2.63. The van der Waals surface area contributed by atoms with Crippen molar-refractivity contribution in [3.8, 4) is 0 Å². The van der Waals surface area contributed by atoms with Gasteiger partial charge in [-0.1, -0.05) is 6.58 Å². The predicted molar refractivity (Wildman–Crippen MR) is 47.4 cm³/mol. The average Bonchev–Trinajstić information content (AvgIpc) is 2.37. The molecule has 0 amide bonds. The van der Waals surface area contributed by atoms with Gasteiger partial charge in [-0.2, -0.15) is 14.9 Å². The molecule has 70 valence electrons. The van der Waals surface area contributed by atoms with Crippen LogP contribution in [0.1, 0.15) is 5.82 Å². The molecule has 6 nitrogen and oxygen atoms in total. The smallest absolute Gasteiger partial charge is 0.285 e. The van der Waals surface area contributed by atoms with Gasteiger partial charge in [-0.3, -0.25) is 0 Å². The van der Waals surface area contributed by atoms with Gasteiger partial charge in [-0.15, -0.1) is 0 Å². The predicted octanol–water partition coefficient (Wildman–Crippen LogP) is -0.160. The summed E-state index contributed by atoms with van der Waals surface area (Å²) in [6.07, 6.45) is 3.02. The van der Waals surface area contributed by atoms with Crippen LogP contribution in [0.15, 0.2) is 22.9 Å². The van der Waals surface area contributed by atoms with E-state index in [9.17, 15) is 0 Å². The second-order valence-corrected chi connectivity index (χ2v) is 2.38. The highest BCUT2D eigenvalue weighted by atomic mass is 16.4. The molecule has 0 spiro atoms. The van der Waals surface area contributed by atoms with Crippen LogP contribution in [0.4, 0.5) is 0 Å². The summed E-state index contributed by atoms with van der Waals surface area (Å²) in [7, 11) is 1.67. The highest BCUT2D eigenvalue weighted by Crippen LogP contribution is 1.87. The van der Waals surface area contributed by atoms with E-state index in [2.05, 4.69) is 21.9 Å². The zero-order valence-corrected chi connectivity index (χ0v) is 7.55. The fourth-order valence-corrected chi connectivity index (χ4v) is 0.942. The molecule has 13 heavy (non-hydrogen) atoms. The molecule has 0 aliphatic heterocycles. The maximum Gasteiger partial charge on any atom is 0.285 e. The van der Waals surface area contributed by atoms with E-state index in [0.29, 0.717) is 5.82 Å². The van der Waals surface area contributed by atoms with Gasteiger partial charge in [0.1, 0.15) is 0 Å². The maximum atomic E-state index is 8.66. The van der Waals surface area contributed by atoms with Crippen molar-refractivity contribution in [3.63, 3.8) is 0 Å². The van der Waals surface area contributed by atoms with Crippen LogP contribution in [0, 0.1) is 6.92 Å². The molecule has 0 aliphatic rings. The van der Waals surface area contributed by atoms with Crippen LogP contribution >= 0.6 is 0 Å². The Hall–Kier alpha value is -1.85. The van der Waals surface area contributed by atoms with E-state index in [1.807, 2.05) is 0 Å². The van der Waals surface area contributed by atoms with Crippen LogP contribution in [0.2, 0.25) is 0 Å². The Bertz CT molecular complexity index is 398. The van der Waals surface area contributed by atoms with Gasteiger partial charge in [-0.05, 0) is 18.2 Å². The highest BCUT2D eigenvalue weighted by Gasteiger charge is 2.02. The normalized spacial score (nSPS) is 12.6. The van der Waals surface area contributed by atoms with Gasteiger partial charge in [0.05, 0.1) is 0 Å². The van der Waals surface area contributed by atoms with Crippen molar-refractivity contribution in [2.24, 2.45) is 17.3 Å². The highest BCUT2D eigenvalue weighted by molar-refractivity contribution is 5.69. The van der Waals surface area contributed by atoms with Crippen molar-refractivity contribution in [3.05, 3.63) is 24.1 Å². The monoisotopic (exact) mass is 181 g/mol. The summed E-state index contributed by atoms with van der Waals surface area (Å²) >= 11 is 0. The van der Waals surface area contributed by atoms with E-state index in [4.69, 9.17) is 5.21 Å². The van der Waals surface area contributed by atoms with Gasteiger partial charge in [0.25, 0.3) is 5.62 Å². The van der Waals surface area contributed by atoms with E-state index in [1.165, 1.54) is 21.6 Å². The Morgan fingerprint density at radius 1 is 1.62 bits per heavy atom. The molecule has 6 heteroatoms. The number of aryl methyl sites for hydroxylation is 2. The van der Waals surface area contributed by atoms with Crippen LogP contribution in [0.25, 0.3) is 0 Å². The zero-order valence-electron chi connectivity index (χ0n) is 7.55. The molecule has 1 aromatic rings. The molecule has 0 fully saturated rings. The van der Waals surface area contributed by atoms with Gasteiger partial charge >= 0.3 is 0 Å². The lowest BCUT2D eigenvalue weighted by Gasteiger charge is -1.91. The minimum atomic E-state index is 0.260. The van der Waals surface area contributed by atoms with Crippen LogP contribution in [-0.4, -0.2) is 25.9 Å². The SMILES string of the molecule is C=C/C=N\n1c(C)nn(C)/c1=N\O. The van der Waals surface area contributed by atoms with E-state index >= 15 is 0 Å². The van der Waals surface area contributed by atoms with Crippen LogP contribution in [-0.2, 0) is 7.05 Å². The molecule has 1 heterocycles. The molecule has 1 rings (SSSR count). The minimum absolute atomic E-state index is 0.260. The van der Waals surface area contributed by atoms with Crippen molar-refractivity contribution in [1.29, 1.82) is 0 Å². The van der Waals surface area contributed by atoms with Crippen molar-refractivity contribution >= 4 is 6.21 Å². The first-order valence-corrected chi connectivity index (χ1v) is 3.67. The zero-order chi connectivity index (χ0) is 9.84. The van der Waals surface area contributed by atoms with E-state index in [-0.39, 0.29) is 5.62 Å². The number of nitrogens with zero attached hydrogens (tertiary/aromatic N) is 5. The Morgan fingerprint density at radius 3 is 2.85 bits per heavy atom. The second kappa shape index (κ2) is 3.70. The third-order valence-corrected chi connectivity index (χ3v) is 1.46. The first kappa shape index (κ1) is 9.24. The summed E-state index contributed by atoms with van der Waals surface area (Å²) in [5, 5.41) is 19.7. The average molecular weight is 181 g/mol. The van der Waals surface area contributed by atoms with Gasteiger partial charge in [0, 0.05) is 13.3 Å². The quantitative estimate of drug-likeness (QED) is 0.391. The van der Waals surface area contributed by atoms with E-state index in [0.717, 1.165) is 0 Å². The fourth-order valence-electron chi connectivity index (χ4n) is 0.942. The standard InChI is InChI=1S/C7H11N5O/c1-4-5-8-12-6(2)9-11(3)7(12)10-13/h4-5,13H,1H2,2-3H3/b8-5-,10-7+. The summed E-state index contributed by atoms with van der Waals surface area (Å²) < 4.78 is 2.83. The topological polar surface area (TPSA) is 67.7 Å². The van der Waals surface area contributed by atoms with E-state index < -0.39 is 0 Å². The third kappa shape index (κ3) is 1.66. The molecule has 0 radical (unpaired) electrons. The molecule has 0 saturated heterocycles. The van der Waals surface area contributed by atoms with E-state index in [1.54, 1.807) is 14.0 Å².